The van der Waals surface area contributed by atoms with Crippen molar-refractivity contribution in [2.24, 2.45) is 5.92 Å². The monoisotopic (exact) mass is 291 g/mol. The van der Waals surface area contributed by atoms with E-state index in [0.29, 0.717) is 6.54 Å². The summed E-state index contributed by atoms with van der Waals surface area (Å²) in [4.78, 5) is 11.8. The lowest BCUT2D eigenvalue weighted by Crippen LogP contribution is -2.37. The van der Waals surface area contributed by atoms with Gasteiger partial charge in [0.25, 0.3) is 0 Å². The molecule has 0 heterocycles. The second-order valence-electron chi connectivity index (χ2n) is 6.96. The Kier molecular flexibility index (Phi) is 4.28. The molecule has 0 aromatic heterocycles. The van der Waals surface area contributed by atoms with Crippen LogP contribution >= 0.6 is 0 Å². The molecular weight excluding hydrogens is 266 g/mol. The molecule has 4 nitrogen and oxygen atoms in total. The summed E-state index contributed by atoms with van der Waals surface area (Å²) in [5, 5.41) is 12.3. The smallest absolute Gasteiger partial charge is 0.407 e. The van der Waals surface area contributed by atoms with Gasteiger partial charge in [-0.1, -0.05) is 29.8 Å². The number of carbonyl (C=O) groups is 1. The highest BCUT2D eigenvalue weighted by Gasteiger charge is 2.54. The lowest BCUT2D eigenvalue weighted by atomic mass is 9.92. The Morgan fingerprint density at radius 1 is 1.38 bits per heavy atom. The molecule has 0 radical (unpaired) electrons. The average molecular weight is 291 g/mol. The van der Waals surface area contributed by atoms with Crippen LogP contribution in [0.4, 0.5) is 4.79 Å². The van der Waals surface area contributed by atoms with Gasteiger partial charge in [-0.2, -0.15) is 0 Å². The number of alkyl carbamates (subject to hydrolysis) is 1. The van der Waals surface area contributed by atoms with Gasteiger partial charge in [-0.25, -0.2) is 4.79 Å². The number of carbonyl (C=O) groups excluding carboxylic acids is 1. The summed E-state index contributed by atoms with van der Waals surface area (Å²) in [6.45, 7) is 8.22. The van der Waals surface area contributed by atoms with E-state index in [2.05, 4.69) is 29.6 Å². The van der Waals surface area contributed by atoms with Gasteiger partial charge in [0.2, 0.25) is 0 Å². The highest BCUT2D eigenvalue weighted by molar-refractivity contribution is 5.68. The fourth-order valence-corrected chi connectivity index (χ4v) is 2.72. The van der Waals surface area contributed by atoms with E-state index < -0.39 is 11.7 Å². The average Bonchev–Trinajstić information content (AvgIpc) is 3.10. The van der Waals surface area contributed by atoms with Crippen molar-refractivity contribution in [2.75, 3.05) is 13.2 Å². The van der Waals surface area contributed by atoms with Crippen LogP contribution in [0.1, 0.15) is 38.3 Å². The van der Waals surface area contributed by atoms with Gasteiger partial charge < -0.3 is 15.2 Å². The first-order chi connectivity index (χ1) is 9.77. The van der Waals surface area contributed by atoms with Crippen molar-refractivity contribution in [3.05, 3.63) is 35.4 Å². The first-order valence-electron chi connectivity index (χ1n) is 7.42. The first kappa shape index (κ1) is 15.8. The number of nitrogens with one attached hydrogen (secondary N) is 1. The Balaban J connectivity index is 2.04. The molecule has 21 heavy (non-hydrogen) atoms. The summed E-state index contributed by atoms with van der Waals surface area (Å²) in [5.74, 6) is 0.204. The third kappa shape index (κ3) is 3.76. The number of benzene rings is 1. The van der Waals surface area contributed by atoms with Crippen LogP contribution < -0.4 is 5.32 Å². The molecule has 0 aliphatic heterocycles. The zero-order valence-electron chi connectivity index (χ0n) is 13.3. The normalized spacial score (nSPS) is 24.5. The molecule has 0 spiro atoms. The summed E-state index contributed by atoms with van der Waals surface area (Å²) >= 11 is 0. The van der Waals surface area contributed by atoms with Crippen molar-refractivity contribution in [1.29, 1.82) is 0 Å². The van der Waals surface area contributed by atoms with E-state index in [1.807, 2.05) is 27.7 Å². The van der Waals surface area contributed by atoms with Crippen molar-refractivity contribution < 1.29 is 14.6 Å². The lowest BCUT2D eigenvalue weighted by Gasteiger charge is -2.23. The van der Waals surface area contributed by atoms with E-state index in [0.717, 1.165) is 6.42 Å². The van der Waals surface area contributed by atoms with Crippen molar-refractivity contribution in [1.82, 2.24) is 5.32 Å². The topological polar surface area (TPSA) is 58.6 Å². The van der Waals surface area contributed by atoms with Crippen LogP contribution in [0.3, 0.4) is 0 Å². The molecule has 1 aliphatic rings. The van der Waals surface area contributed by atoms with Crippen LogP contribution in [0, 0.1) is 12.8 Å². The van der Waals surface area contributed by atoms with Gasteiger partial charge in [0.15, 0.2) is 0 Å². The second kappa shape index (κ2) is 5.68. The Morgan fingerprint density at radius 3 is 2.48 bits per heavy atom. The van der Waals surface area contributed by atoms with E-state index in [-0.39, 0.29) is 17.9 Å². The number of rotatable bonds is 4. The Hall–Kier alpha value is -1.55. The SMILES string of the molecule is Cc1ccc([C@@]2(CNC(=O)OC(C)(C)C)C[C@@H]2CO)cc1. The van der Waals surface area contributed by atoms with Crippen molar-refractivity contribution >= 4 is 6.09 Å². The number of ether oxygens (including phenoxy) is 1. The van der Waals surface area contributed by atoms with Crippen molar-refractivity contribution in [3.8, 4) is 0 Å². The maximum absolute atomic E-state index is 11.8. The molecule has 1 aliphatic carbocycles. The van der Waals surface area contributed by atoms with Crippen molar-refractivity contribution in [2.45, 2.75) is 45.1 Å². The van der Waals surface area contributed by atoms with Gasteiger partial charge in [0.05, 0.1) is 0 Å². The number of hydrogen-bond acceptors (Lipinski definition) is 3. The zero-order chi connectivity index (χ0) is 15.7. The van der Waals surface area contributed by atoms with Gasteiger partial charge in [-0.05, 0) is 45.6 Å². The molecule has 4 heteroatoms. The zero-order valence-corrected chi connectivity index (χ0v) is 13.3. The predicted octanol–water partition coefficient (Wildman–Crippen LogP) is 2.77. The van der Waals surface area contributed by atoms with E-state index in [4.69, 9.17) is 4.74 Å². The molecule has 2 N–H and O–H groups in total. The quantitative estimate of drug-likeness (QED) is 0.897. The maximum Gasteiger partial charge on any atom is 0.407 e. The number of aliphatic hydroxyl groups is 1. The van der Waals surface area contributed by atoms with E-state index in [9.17, 15) is 9.90 Å². The molecule has 1 fully saturated rings. The third-order valence-corrected chi connectivity index (χ3v) is 4.03. The summed E-state index contributed by atoms with van der Waals surface area (Å²) in [7, 11) is 0. The molecule has 1 aromatic rings. The molecule has 0 unspecified atom stereocenters. The molecule has 1 aromatic carbocycles. The minimum absolute atomic E-state index is 0.143. The van der Waals surface area contributed by atoms with Crippen LogP contribution in [-0.2, 0) is 10.2 Å². The van der Waals surface area contributed by atoms with Gasteiger partial charge in [0.1, 0.15) is 5.60 Å². The van der Waals surface area contributed by atoms with Gasteiger partial charge in [-0.3, -0.25) is 0 Å². The van der Waals surface area contributed by atoms with Gasteiger partial charge in [0, 0.05) is 18.6 Å². The highest BCUT2D eigenvalue weighted by atomic mass is 16.6. The molecule has 0 saturated heterocycles. The molecule has 2 rings (SSSR count). The number of amides is 1. The fourth-order valence-electron chi connectivity index (χ4n) is 2.72. The van der Waals surface area contributed by atoms with Crippen LogP contribution in [0.25, 0.3) is 0 Å². The van der Waals surface area contributed by atoms with Crippen LogP contribution in [0.15, 0.2) is 24.3 Å². The van der Waals surface area contributed by atoms with E-state index in [1.165, 1.54) is 11.1 Å². The van der Waals surface area contributed by atoms with E-state index >= 15 is 0 Å². The Bertz CT molecular complexity index is 504. The van der Waals surface area contributed by atoms with Crippen molar-refractivity contribution in [3.63, 3.8) is 0 Å². The summed E-state index contributed by atoms with van der Waals surface area (Å²) in [6.07, 6.45) is 0.486. The standard InChI is InChI=1S/C17H25NO3/c1-12-5-7-13(8-6-12)17(9-14(17)10-19)11-18-15(20)21-16(2,3)4/h5-8,14,19H,9-11H2,1-4H3,(H,18,20)/t14-,17+/m1/s1. The number of hydrogen-bond donors (Lipinski definition) is 2. The molecule has 2 atom stereocenters. The molecule has 116 valence electrons. The summed E-state index contributed by atoms with van der Waals surface area (Å²) in [5.41, 5.74) is 1.72. The lowest BCUT2D eigenvalue weighted by molar-refractivity contribution is 0.0520. The third-order valence-electron chi connectivity index (χ3n) is 4.03. The summed E-state index contributed by atoms with van der Waals surface area (Å²) < 4.78 is 5.27. The second-order valence-corrected chi connectivity index (χ2v) is 6.96. The number of aliphatic hydroxyl groups excluding tert-OH is 1. The maximum atomic E-state index is 11.8. The Labute approximate surface area is 126 Å². The molecule has 1 saturated carbocycles. The van der Waals surface area contributed by atoms with Gasteiger partial charge in [-0.15, -0.1) is 0 Å². The van der Waals surface area contributed by atoms with Gasteiger partial charge >= 0.3 is 6.09 Å². The number of aryl methyl sites for hydroxylation is 1. The minimum atomic E-state index is -0.499. The fraction of sp³-hybridized carbons (Fsp3) is 0.588. The van der Waals surface area contributed by atoms with E-state index in [1.54, 1.807) is 0 Å². The molecule has 1 amide bonds. The predicted molar refractivity (Wildman–Crippen MR) is 82.3 cm³/mol. The minimum Gasteiger partial charge on any atom is -0.444 e. The highest BCUT2D eigenvalue weighted by Crippen LogP contribution is 2.53. The Morgan fingerprint density at radius 2 is 2.00 bits per heavy atom. The molecule has 0 bridgehead atoms. The van der Waals surface area contributed by atoms with Crippen LogP contribution in [0.2, 0.25) is 0 Å². The van der Waals surface area contributed by atoms with Crippen LogP contribution in [-0.4, -0.2) is 30.0 Å². The first-order valence-corrected chi connectivity index (χ1v) is 7.42. The van der Waals surface area contributed by atoms with Crippen LogP contribution in [0.5, 0.6) is 0 Å². The molecular formula is C17H25NO3. The summed E-state index contributed by atoms with van der Waals surface area (Å²) in [6, 6.07) is 8.30. The largest absolute Gasteiger partial charge is 0.444 e.